The third kappa shape index (κ3) is 3.94. The monoisotopic (exact) mass is 374 g/mol. The molecule has 0 aliphatic heterocycles. The molecule has 2 atom stereocenters. The summed E-state index contributed by atoms with van der Waals surface area (Å²) in [7, 11) is 0. The highest BCUT2D eigenvalue weighted by molar-refractivity contribution is 6.30. The van der Waals surface area contributed by atoms with Gasteiger partial charge in [0.15, 0.2) is 11.6 Å². The van der Waals surface area contributed by atoms with Gasteiger partial charge in [-0.15, -0.1) is 0 Å². The number of aliphatic hydroxyl groups is 1. The van der Waals surface area contributed by atoms with Crippen molar-refractivity contribution in [1.29, 1.82) is 0 Å². The minimum Gasteiger partial charge on any atom is -0.382 e. The summed E-state index contributed by atoms with van der Waals surface area (Å²) in [5, 5.41) is 23.6. The fraction of sp³-hybridized carbons (Fsp3) is 0.444. The minimum absolute atomic E-state index is 0.235. The molecular weight excluding hydrogens is 352 g/mol. The molecule has 2 N–H and O–H groups in total. The van der Waals surface area contributed by atoms with Crippen LogP contribution in [0.4, 0.5) is 0 Å². The van der Waals surface area contributed by atoms with E-state index in [1.54, 1.807) is 23.1 Å². The molecule has 0 fully saturated rings. The molecule has 7 nitrogen and oxygen atoms in total. The summed E-state index contributed by atoms with van der Waals surface area (Å²) >= 11 is 6.01. The number of nitrogens with one attached hydrogen (secondary N) is 1. The van der Waals surface area contributed by atoms with E-state index in [2.05, 4.69) is 39.1 Å². The van der Waals surface area contributed by atoms with E-state index in [4.69, 9.17) is 11.6 Å². The number of hydrogen-bond donors (Lipinski definition) is 2. The molecule has 26 heavy (non-hydrogen) atoms. The molecule has 2 unspecified atom stereocenters. The summed E-state index contributed by atoms with van der Waals surface area (Å²) in [5.41, 5.74) is -0.546. The van der Waals surface area contributed by atoms with Crippen LogP contribution in [0, 0.1) is 5.92 Å². The maximum absolute atomic E-state index is 11.6. The first-order valence-corrected chi connectivity index (χ1v) is 8.99. The summed E-state index contributed by atoms with van der Waals surface area (Å²) in [6, 6.07) is 6.78. The van der Waals surface area contributed by atoms with Crippen LogP contribution in [-0.2, 0) is 18.4 Å². The summed E-state index contributed by atoms with van der Waals surface area (Å²) < 4.78 is 1.71. The lowest BCUT2D eigenvalue weighted by atomic mass is 9.84. The highest BCUT2D eigenvalue weighted by Gasteiger charge is 2.39. The molecule has 0 saturated carbocycles. The Kier molecular flexibility index (Phi) is 5.38. The topological polar surface area (TPSA) is 92.5 Å². The van der Waals surface area contributed by atoms with Crippen LogP contribution in [0.15, 0.2) is 36.9 Å². The molecule has 0 bridgehead atoms. The molecule has 0 radical (unpaired) electrons. The SMILES string of the molecule is CC(C)Cc1ncn(C(C)C(O)(Cc2nc[nH]n2)c2ccc(Cl)cc2)n1. The van der Waals surface area contributed by atoms with E-state index < -0.39 is 5.60 Å². The van der Waals surface area contributed by atoms with E-state index in [0.717, 1.165) is 17.8 Å². The molecular formula is C18H23ClN6O. The van der Waals surface area contributed by atoms with Gasteiger partial charge in [-0.05, 0) is 30.5 Å². The van der Waals surface area contributed by atoms with Crippen LogP contribution >= 0.6 is 11.6 Å². The molecule has 0 saturated heterocycles. The fourth-order valence-corrected chi connectivity index (χ4v) is 3.09. The lowest BCUT2D eigenvalue weighted by Crippen LogP contribution is -2.38. The Morgan fingerprint density at radius 1 is 1.15 bits per heavy atom. The van der Waals surface area contributed by atoms with Crippen LogP contribution in [0.1, 0.15) is 44.0 Å². The number of nitrogens with zero attached hydrogens (tertiary/aromatic N) is 5. The van der Waals surface area contributed by atoms with E-state index in [-0.39, 0.29) is 12.5 Å². The first-order chi connectivity index (χ1) is 12.4. The second-order valence-corrected chi connectivity index (χ2v) is 7.37. The van der Waals surface area contributed by atoms with E-state index in [1.807, 2.05) is 19.1 Å². The van der Waals surface area contributed by atoms with Gasteiger partial charge in [-0.25, -0.2) is 14.6 Å². The quantitative estimate of drug-likeness (QED) is 0.663. The van der Waals surface area contributed by atoms with Gasteiger partial charge in [0.2, 0.25) is 0 Å². The Bertz CT molecular complexity index is 830. The lowest BCUT2D eigenvalue weighted by Gasteiger charge is -2.33. The normalized spacial score (nSPS) is 15.2. The maximum atomic E-state index is 11.6. The van der Waals surface area contributed by atoms with Gasteiger partial charge in [-0.2, -0.15) is 10.2 Å². The zero-order chi connectivity index (χ0) is 18.7. The van der Waals surface area contributed by atoms with Crippen molar-refractivity contribution < 1.29 is 5.11 Å². The number of halogens is 1. The van der Waals surface area contributed by atoms with Crippen LogP contribution < -0.4 is 0 Å². The van der Waals surface area contributed by atoms with Crippen LogP contribution in [0.25, 0.3) is 0 Å². The van der Waals surface area contributed by atoms with Gasteiger partial charge in [0, 0.05) is 17.9 Å². The summed E-state index contributed by atoms with van der Waals surface area (Å²) in [6.45, 7) is 6.16. The van der Waals surface area contributed by atoms with Crippen molar-refractivity contribution in [3.05, 3.63) is 59.2 Å². The molecule has 2 aromatic heterocycles. The molecule has 0 spiro atoms. The van der Waals surface area contributed by atoms with Crippen molar-refractivity contribution in [3.63, 3.8) is 0 Å². The molecule has 0 aliphatic carbocycles. The molecule has 8 heteroatoms. The minimum atomic E-state index is -1.27. The number of benzene rings is 1. The molecule has 0 amide bonds. The van der Waals surface area contributed by atoms with Gasteiger partial charge >= 0.3 is 0 Å². The highest BCUT2D eigenvalue weighted by Crippen LogP contribution is 2.36. The average Bonchev–Trinajstić information content (AvgIpc) is 3.26. The smallest absolute Gasteiger partial charge is 0.153 e. The number of hydrogen-bond acceptors (Lipinski definition) is 5. The van der Waals surface area contributed by atoms with E-state index >= 15 is 0 Å². The molecule has 138 valence electrons. The van der Waals surface area contributed by atoms with Crippen molar-refractivity contribution in [2.75, 3.05) is 0 Å². The van der Waals surface area contributed by atoms with Crippen molar-refractivity contribution in [1.82, 2.24) is 29.9 Å². The van der Waals surface area contributed by atoms with Gasteiger partial charge in [0.25, 0.3) is 0 Å². The predicted octanol–water partition coefficient (Wildman–Crippen LogP) is 2.94. The average molecular weight is 375 g/mol. The third-order valence-corrected chi connectivity index (χ3v) is 4.72. The zero-order valence-corrected chi connectivity index (χ0v) is 15.9. The molecule has 1 aromatic carbocycles. The van der Waals surface area contributed by atoms with Crippen molar-refractivity contribution in [2.24, 2.45) is 5.92 Å². The summed E-state index contributed by atoms with van der Waals surface area (Å²) in [5.74, 6) is 1.75. The number of rotatable bonds is 7. The van der Waals surface area contributed by atoms with Crippen LogP contribution in [-0.4, -0.2) is 35.1 Å². The highest BCUT2D eigenvalue weighted by atomic mass is 35.5. The first kappa shape index (κ1) is 18.5. The lowest BCUT2D eigenvalue weighted by molar-refractivity contribution is -0.0172. The zero-order valence-electron chi connectivity index (χ0n) is 15.1. The van der Waals surface area contributed by atoms with Crippen molar-refractivity contribution >= 4 is 11.6 Å². The number of H-pyrrole nitrogens is 1. The van der Waals surface area contributed by atoms with Gasteiger partial charge in [-0.1, -0.05) is 37.6 Å². The summed E-state index contributed by atoms with van der Waals surface area (Å²) in [4.78, 5) is 8.54. The van der Waals surface area contributed by atoms with E-state index in [1.165, 1.54) is 6.33 Å². The molecule has 2 heterocycles. The predicted molar refractivity (Wildman–Crippen MR) is 98.7 cm³/mol. The Morgan fingerprint density at radius 3 is 2.50 bits per heavy atom. The van der Waals surface area contributed by atoms with Gasteiger partial charge in [0.05, 0.1) is 6.04 Å². The second-order valence-electron chi connectivity index (χ2n) is 6.94. The van der Waals surface area contributed by atoms with E-state index in [9.17, 15) is 5.11 Å². The van der Waals surface area contributed by atoms with E-state index in [0.29, 0.717) is 16.8 Å². The Balaban J connectivity index is 1.96. The third-order valence-electron chi connectivity index (χ3n) is 4.47. The van der Waals surface area contributed by atoms with Crippen LogP contribution in [0.2, 0.25) is 5.02 Å². The standard InChI is InChI=1S/C18H23ClN6O/c1-12(2)8-16-21-11-25(24-16)13(3)18(26,9-17-20-10-22-23-17)14-4-6-15(19)7-5-14/h4-7,10-13,26H,8-9H2,1-3H3,(H,20,22,23). The van der Waals surface area contributed by atoms with Gasteiger partial charge < -0.3 is 5.11 Å². The number of aromatic amines is 1. The maximum Gasteiger partial charge on any atom is 0.153 e. The molecule has 0 aliphatic rings. The van der Waals surface area contributed by atoms with Gasteiger partial charge in [0.1, 0.15) is 18.3 Å². The Morgan fingerprint density at radius 2 is 1.88 bits per heavy atom. The molecule has 3 rings (SSSR count). The Hall–Kier alpha value is -2.25. The van der Waals surface area contributed by atoms with Crippen LogP contribution in [0.5, 0.6) is 0 Å². The Labute approximate surface area is 157 Å². The van der Waals surface area contributed by atoms with Crippen molar-refractivity contribution in [2.45, 2.75) is 45.3 Å². The number of aromatic nitrogens is 6. The first-order valence-electron chi connectivity index (χ1n) is 8.61. The van der Waals surface area contributed by atoms with Crippen molar-refractivity contribution in [3.8, 4) is 0 Å². The summed E-state index contributed by atoms with van der Waals surface area (Å²) in [6.07, 6.45) is 4.19. The largest absolute Gasteiger partial charge is 0.382 e. The second kappa shape index (κ2) is 7.55. The van der Waals surface area contributed by atoms with Crippen LogP contribution in [0.3, 0.4) is 0 Å². The van der Waals surface area contributed by atoms with Gasteiger partial charge in [-0.3, -0.25) is 5.10 Å². The molecule has 3 aromatic rings. The fourth-order valence-electron chi connectivity index (χ4n) is 2.97.